The molecule has 0 spiro atoms. The summed E-state index contributed by atoms with van der Waals surface area (Å²) in [7, 11) is 0. The van der Waals surface area contributed by atoms with Gasteiger partial charge in [0.15, 0.2) is 5.78 Å². The van der Waals surface area contributed by atoms with Crippen molar-refractivity contribution in [2.24, 2.45) is 0 Å². The number of carbonyl (C=O) groups is 1. The Labute approximate surface area is 93.6 Å². The molecule has 5 nitrogen and oxygen atoms in total. The van der Waals surface area contributed by atoms with Gasteiger partial charge in [0.05, 0.1) is 11.5 Å². The Morgan fingerprint density at radius 1 is 1.38 bits per heavy atom. The lowest BCUT2D eigenvalue weighted by atomic mass is 10.1. The summed E-state index contributed by atoms with van der Waals surface area (Å²) >= 11 is 0. The van der Waals surface area contributed by atoms with E-state index in [2.05, 4.69) is 5.32 Å². The SMILES string of the molecule is CCCNCC(=O)c1ccc([N+](=O)[O-])cc1. The third-order valence-corrected chi connectivity index (χ3v) is 2.11. The fourth-order valence-corrected chi connectivity index (χ4v) is 1.25. The Hall–Kier alpha value is -1.75. The second kappa shape index (κ2) is 5.97. The van der Waals surface area contributed by atoms with Crippen molar-refractivity contribution in [1.82, 2.24) is 5.32 Å². The number of nitro groups is 1. The largest absolute Gasteiger partial charge is 0.310 e. The fourth-order valence-electron chi connectivity index (χ4n) is 1.25. The van der Waals surface area contributed by atoms with E-state index >= 15 is 0 Å². The molecule has 0 amide bonds. The van der Waals surface area contributed by atoms with Crippen LogP contribution in [-0.2, 0) is 0 Å². The molecule has 0 heterocycles. The van der Waals surface area contributed by atoms with Crippen LogP contribution < -0.4 is 5.32 Å². The molecule has 0 bridgehead atoms. The smallest absolute Gasteiger partial charge is 0.269 e. The van der Waals surface area contributed by atoms with Gasteiger partial charge in [0, 0.05) is 17.7 Å². The van der Waals surface area contributed by atoms with E-state index in [9.17, 15) is 14.9 Å². The first-order valence-electron chi connectivity index (χ1n) is 5.13. The molecule has 0 saturated carbocycles. The Morgan fingerprint density at radius 2 is 2.00 bits per heavy atom. The van der Waals surface area contributed by atoms with Gasteiger partial charge in [-0.05, 0) is 25.1 Å². The van der Waals surface area contributed by atoms with E-state index in [-0.39, 0.29) is 18.0 Å². The second-order valence-electron chi connectivity index (χ2n) is 3.40. The van der Waals surface area contributed by atoms with E-state index in [4.69, 9.17) is 0 Å². The van der Waals surface area contributed by atoms with Crippen LogP contribution >= 0.6 is 0 Å². The molecule has 0 fully saturated rings. The summed E-state index contributed by atoms with van der Waals surface area (Å²) < 4.78 is 0. The molecule has 86 valence electrons. The van der Waals surface area contributed by atoms with E-state index in [0.29, 0.717) is 5.56 Å². The molecule has 0 aliphatic heterocycles. The van der Waals surface area contributed by atoms with Crippen molar-refractivity contribution in [2.45, 2.75) is 13.3 Å². The predicted octanol–water partition coefficient (Wildman–Crippen LogP) is 1.78. The molecule has 0 aliphatic carbocycles. The highest BCUT2D eigenvalue weighted by Gasteiger charge is 2.08. The van der Waals surface area contributed by atoms with Crippen LogP contribution in [0, 0.1) is 10.1 Å². The van der Waals surface area contributed by atoms with E-state index in [1.807, 2.05) is 6.92 Å². The van der Waals surface area contributed by atoms with Gasteiger partial charge in [-0.3, -0.25) is 14.9 Å². The first kappa shape index (κ1) is 12.3. The highest BCUT2D eigenvalue weighted by molar-refractivity contribution is 5.97. The summed E-state index contributed by atoms with van der Waals surface area (Å²) in [6, 6.07) is 5.64. The quantitative estimate of drug-likeness (QED) is 0.344. The Kier molecular flexibility index (Phi) is 4.60. The summed E-state index contributed by atoms with van der Waals surface area (Å²) in [5.74, 6) is -0.0525. The number of hydrogen-bond donors (Lipinski definition) is 1. The topological polar surface area (TPSA) is 72.2 Å². The summed E-state index contributed by atoms with van der Waals surface area (Å²) in [6.07, 6.45) is 0.966. The van der Waals surface area contributed by atoms with Crippen LogP contribution in [0.2, 0.25) is 0 Å². The number of nitro benzene ring substituents is 1. The molecular weight excluding hydrogens is 208 g/mol. The molecule has 16 heavy (non-hydrogen) atoms. The first-order valence-corrected chi connectivity index (χ1v) is 5.13. The lowest BCUT2D eigenvalue weighted by Gasteiger charge is -2.02. The summed E-state index contributed by atoms with van der Waals surface area (Å²) in [5, 5.41) is 13.4. The van der Waals surface area contributed by atoms with Crippen LogP contribution in [0.15, 0.2) is 24.3 Å². The van der Waals surface area contributed by atoms with Crippen LogP contribution in [0.1, 0.15) is 23.7 Å². The van der Waals surface area contributed by atoms with Crippen LogP contribution in [0.5, 0.6) is 0 Å². The number of ketones is 1. The zero-order chi connectivity index (χ0) is 12.0. The van der Waals surface area contributed by atoms with Gasteiger partial charge in [-0.2, -0.15) is 0 Å². The maximum absolute atomic E-state index is 11.6. The maximum atomic E-state index is 11.6. The van der Waals surface area contributed by atoms with Crippen LogP contribution in [0.3, 0.4) is 0 Å². The monoisotopic (exact) mass is 222 g/mol. The van der Waals surface area contributed by atoms with E-state index in [1.165, 1.54) is 24.3 Å². The fraction of sp³-hybridized carbons (Fsp3) is 0.364. The van der Waals surface area contributed by atoms with Crippen LogP contribution in [-0.4, -0.2) is 23.8 Å². The molecule has 0 aliphatic rings. The molecule has 0 saturated heterocycles. The van der Waals surface area contributed by atoms with Crippen molar-refractivity contribution < 1.29 is 9.72 Å². The van der Waals surface area contributed by atoms with Gasteiger partial charge >= 0.3 is 0 Å². The third-order valence-electron chi connectivity index (χ3n) is 2.11. The Balaban J connectivity index is 2.59. The number of hydrogen-bond acceptors (Lipinski definition) is 4. The van der Waals surface area contributed by atoms with E-state index < -0.39 is 4.92 Å². The third kappa shape index (κ3) is 3.43. The minimum absolute atomic E-state index is 0.00179. The van der Waals surface area contributed by atoms with Gasteiger partial charge in [0.25, 0.3) is 5.69 Å². The van der Waals surface area contributed by atoms with Gasteiger partial charge in [0.2, 0.25) is 0 Å². The molecule has 1 aromatic carbocycles. The van der Waals surface area contributed by atoms with Crippen molar-refractivity contribution in [2.75, 3.05) is 13.1 Å². The van der Waals surface area contributed by atoms with Crippen molar-refractivity contribution in [3.05, 3.63) is 39.9 Å². The van der Waals surface area contributed by atoms with Crippen LogP contribution in [0.4, 0.5) is 5.69 Å². The molecular formula is C11H14N2O3. The lowest BCUT2D eigenvalue weighted by Crippen LogP contribution is -2.23. The average molecular weight is 222 g/mol. The zero-order valence-electron chi connectivity index (χ0n) is 9.10. The highest BCUT2D eigenvalue weighted by atomic mass is 16.6. The molecule has 0 aromatic heterocycles. The number of carbonyl (C=O) groups excluding carboxylic acids is 1. The molecule has 0 atom stereocenters. The number of rotatable bonds is 6. The number of nitrogens with one attached hydrogen (secondary N) is 1. The molecule has 0 unspecified atom stereocenters. The normalized spacial score (nSPS) is 10.1. The van der Waals surface area contributed by atoms with Crippen LogP contribution in [0.25, 0.3) is 0 Å². The predicted molar refractivity (Wildman–Crippen MR) is 60.6 cm³/mol. The number of benzene rings is 1. The lowest BCUT2D eigenvalue weighted by molar-refractivity contribution is -0.384. The molecule has 1 rings (SSSR count). The second-order valence-corrected chi connectivity index (χ2v) is 3.40. The number of non-ortho nitro benzene ring substituents is 1. The number of Topliss-reactive ketones (excluding diaryl/α,β-unsaturated/α-hetero) is 1. The average Bonchev–Trinajstić information content (AvgIpc) is 2.29. The highest BCUT2D eigenvalue weighted by Crippen LogP contribution is 2.11. The Morgan fingerprint density at radius 3 is 2.50 bits per heavy atom. The maximum Gasteiger partial charge on any atom is 0.269 e. The summed E-state index contributed by atoms with van der Waals surface area (Å²) in [4.78, 5) is 21.5. The van der Waals surface area contributed by atoms with Gasteiger partial charge in [0.1, 0.15) is 0 Å². The van der Waals surface area contributed by atoms with Crippen molar-refractivity contribution in [1.29, 1.82) is 0 Å². The van der Waals surface area contributed by atoms with Crippen molar-refractivity contribution in [3.8, 4) is 0 Å². The minimum atomic E-state index is -0.483. The minimum Gasteiger partial charge on any atom is -0.310 e. The molecule has 5 heteroatoms. The number of nitrogens with zero attached hydrogens (tertiary/aromatic N) is 1. The van der Waals surface area contributed by atoms with Crippen molar-refractivity contribution in [3.63, 3.8) is 0 Å². The standard InChI is InChI=1S/C11H14N2O3/c1-2-7-12-8-11(14)9-3-5-10(6-4-9)13(15)16/h3-6,12H,2,7-8H2,1H3. The summed E-state index contributed by atoms with van der Waals surface area (Å²) in [6.45, 7) is 3.08. The van der Waals surface area contributed by atoms with Gasteiger partial charge in [-0.25, -0.2) is 0 Å². The molecule has 1 aromatic rings. The van der Waals surface area contributed by atoms with Gasteiger partial charge < -0.3 is 5.32 Å². The van der Waals surface area contributed by atoms with E-state index in [1.54, 1.807) is 0 Å². The summed E-state index contributed by atoms with van der Waals surface area (Å²) in [5.41, 5.74) is 0.493. The van der Waals surface area contributed by atoms with Crippen molar-refractivity contribution >= 4 is 11.5 Å². The first-order chi connectivity index (χ1) is 7.65. The molecule has 1 N–H and O–H groups in total. The van der Waals surface area contributed by atoms with E-state index in [0.717, 1.165) is 13.0 Å². The molecule has 0 radical (unpaired) electrons. The zero-order valence-corrected chi connectivity index (χ0v) is 9.10. The Bertz CT molecular complexity index is 373. The van der Waals surface area contributed by atoms with Gasteiger partial charge in [-0.15, -0.1) is 0 Å². The van der Waals surface area contributed by atoms with Gasteiger partial charge in [-0.1, -0.05) is 6.92 Å².